The predicted molar refractivity (Wildman–Crippen MR) is 70.7 cm³/mol. The smallest absolute Gasteiger partial charge is 0.242 e. The van der Waals surface area contributed by atoms with Gasteiger partial charge in [0.15, 0.2) is 5.96 Å². The molecule has 0 aromatic rings. The van der Waals surface area contributed by atoms with Crippen molar-refractivity contribution in [1.82, 2.24) is 5.32 Å². The Labute approximate surface area is 111 Å². The van der Waals surface area contributed by atoms with Crippen molar-refractivity contribution in [2.24, 2.45) is 27.9 Å². The van der Waals surface area contributed by atoms with Crippen LogP contribution < -0.4 is 28.3 Å². The van der Waals surface area contributed by atoms with E-state index in [0.717, 1.165) is 0 Å². The number of rotatable bonds is 8. The maximum absolute atomic E-state index is 11.7. The molecule has 0 aromatic carbocycles. The van der Waals surface area contributed by atoms with Crippen LogP contribution in [0.2, 0.25) is 0 Å². The molecule has 9 heteroatoms. The average molecular weight is 274 g/mol. The molecule has 0 bridgehead atoms. The molecule has 0 aliphatic carbocycles. The number of carbonyl (C=O) groups excluding carboxylic acids is 2. The number of nitrogens with zero attached hydrogens (tertiary/aromatic N) is 1. The van der Waals surface area contributed by atoms with Gasteiger partial charge >= 0.3 is 0 Å². The lowest BCUT2D eigenvalue weighted by Crippen LogP contribution is -2.54. The summed E-state index contributed by atoms with van der Waals surface area (Å²) in [6, 6.07) is -1.98. The zero-order valence-corrected chi connectivity index (χ0v) is 10.9. The second-order valence-corrected chi connectivity index (χ2v) is 4.18. The summed E-state index contributed by atoms with van der Waals surface area (Å²) in [5.74, 6) is -1.41. The van der Waals surface area contributed by atoms with Crippen LogP contribution in [0.15, 0.2) is 4.99 Å². The molecule has 19 heavy (non-hydrogen) atoms. The summed E-state index contributed by atoms with van der Waals surface area (Å²) in [5.41, 5.74) is 20.9. The molecule has 9 nitrogen and oxygen atoms in total. The summed E-state index contributed by atoms with van der Waals surface area (Å²) < 4.78 is 0. The molecule has 0 saturated carbocycles. The van der Waals surface area contributed by atoms with Gasteiger partial charge in [-0.15, -0.1) is 0 Å². The number of nitrogens with two attached hydrogens (primary N) is 4. The largest absolute Gasteiger partial charge is 0.391 e. The molecule has 0 heterocycles. The molecular weight excluding hydrogens is 252 g/mol. The van der Waals surface area contributed by atoms with Gasteiger partial charge in [0.05, 0.1) is 12.1 Å². The lowest BCUT2D eigenvalue weighted by atomic mass is 10.1. The fourth-order valence-electron chi connectivity index (χ4n) is 1.34. The first kappa shape index (κ1) is 17.1. The second-order valence-electron chi connectivity index (χ2n) is 4.18. The summed E-state index contributed by atoms with van der Waals surface area (Å²) in [6.07, 6.45) is -0.230. The standard InChI is InChI=1S/C10H22N6O3/c1-5(17)7(8(12)18)16-9(19)6(11)3-2-4-15-10(13)14/h5-7,17H,2-4,11H2,1H3,(H2,12,18)(H,16,19)(H4,13,14,15)/t5-,6+,7+/m1/s1. The van der Waals surface area contributed by atoms with Crippen LogP contribution in [0, 0.1) is 0 Å². The first-order valence-electron chi connectivity index (χ1n) is 5.84. The molecule has 0 aliphatic heterocycles. The van der Waals surface area contributed by atoms with E-state index in [2.05, 4.69) is 10.3 Å². The van der Waals surface area contributed by atoms with Gasteiger partial charge in [-0.1, -0.05) is 0 Å². The molecule has 0 unspecified atom stereocenters. The van der Waals surface area contributed by atoms with E-state index >= 15 is 0 Å². The van der Waals surface area contributed by atoms with Gasteiger partial charge in [-0.05, 0) is 19.8 Å². The van der Waals surface area contributed by atoms with Crippen LogP contribution in [-0.4, -0.2) is 47.6 Å². The first-order chi connectivity index (χ1) is 8.75. The topological polar surface area (TPSA) is 183 Å². The third kappa shape index (κ3) is 7.21. The van der Waals surface area contributed by atoms with Crippen LogP contribution in [0.5, 0.6) is 0 Å². The van der Waals surface area contributed by atoms with Crippen molar-refractivity contribution in [3.8, 4) is 0 Å². The van der Waals surface area contributed by atoms with Gasteiger partial charge in [-0.2, -0.15) is 0 Å². The molecule has 0 radical (unpaired) electrons. The van der Waals surface area contributed by atoms with Crippen molar-refractivity contribution in [2.45, 2.75) is 38.0 Å². The van der Waals surface area contributed by atoms with Crippen LogP contribution in [0.4, 0.5) is 0 Å². The normalized spacial score (nSPS) is 15.1. The maximum Gasteiger partial charge on any atom is 0.242 e. The first-order valence-corrected chi connectivity index (χ1v) is 5.84. The minimum atomic E-state index is -1.16. The summed E-state index contributed by atoms with van der Waals surface area (Å²) in [5, 5.41) is 11.6. The number of guanidine groups is 1. The number of primary amides is 1. The molecule has 0 saturated heterocycles. The van der Waals surface area contributed by atoms with Crippen molar-refractivity contribution in [1.29, 1.82) is 0 Å². The summed E-state index contributed by atoms with van der Waals surface area (Å²) in [4.78, 5) is 26.4. The van der Waals surface area contributed by atoms with Crippen LogP contribution in [0.1, 0.15) is 19.8 Å². The van der Waals surface area contributed by atoms with Crippen molar-refractivity contribution in [3.05, 3.63) is 0 Å². The number of aliphatic imine (C=N–C) groups is 1. The second kappa shape index (κ2) is 8.27. The summed E-state index contributed by atoms with van der Waals surface area (Å²) in [7, 11) is 0. The van der Waals surface area contributed by atoms with E-state index in [0.29, 0.717) is 19.4 Å². The molecule has 0 rings (SSSR count). The van der Waals surface area contributed by atoms with Crippen molar-refractivity contribution in [3.63, 3.8) is 0 Å². The Morgan fingerprint density at radius 1 is 1.32 bits per heavy atom. The molecule has 110 valence electrons. The molecule has 0 aliphatic rings. The minimum absolute atomic E-state index is 0.0269. The van der Waals surface area contributed by atoms with Gasteiger partial charge in [0, 0.05) is 6.54 Å². The Morgan fingerprint density at radius 3 is 2.32 bits per heavy atom. The summed E-state index contributed by atoms with van der Waals surface area (Å²) in [6.45, 7) is 1.71. The van der Waals surface area contributed by atoms with E-state index in [1.807, 2.05) is 0 Å². The van der Waals surface area contributed by atoms with E-state index in [-0.39, 0.29) is 5.96 Å². The zero-order chi connectivity index (χ0) is 15.0. The van der Waals surface area contributed by atoms with Crippen molar-refractivity contribution < 1.29 is 14.7 Å². The highest BCUT2D eigenvalue weighted by Crippen LogP contribution is 1.98. The molecule has 2 amide bonds. The highest BCUT2D eigenvalue weighted by Gasteiger charge is 2.25. The van der Waals surface area contributed by atoms with Gasteiger partial charge in [0.1, 0.15) is 6.04 Å². The Hall–Kier alpha value is -1.87. The van der Waals surface area contributed by atoms with Gasteiger partial charge < -0.3 is 33.4 Å². The van der Waals surface area contributed by atoms with Crippen LogP contribution in [-0.2, 0) is 9.59 Å². The zero-order valence-electron chi connectivity index (χ0n) is 10.9. The van der Waals surface area contributed by atoms with Crippen molar-refractivity contribution in [2.75, 3.05) is 6.54 Å². The van der Waals surface area contributed by atoms with E-state index < -0.39 is 30.0 Å². The Bertz CT molecular complexity index is 340. The highest BCUT2D eigenvalue weighted by molar-refractivity contribution is 5.89. The fourth-order valence-corrected chi connectivity index (χ4v) is 1.34. The minimum Gasteiger partial charge on any atom is -0.391 e. The van der Waals surface area contributed by atoms with Crippen LogP contribution in [0.25, 0.3) is 0 Å². The predicted octanol–water partition coefficient (Wildman–Crippen LogP) is -3.28. The monoisotopic (exact) mass is 274 g/mol. The number of hydrogen-bond acceptors (Lipinski definition) is 5. The number of amides is 2. The number of aliphatic hydroxyl groups excluding tert-OH is 1. The highest BCUT2D eigenvalue weighted by atomic mass is 16.3. The average Bonchev–Trinajstić information content (AvgIpc) is 2.29. The molecule has 0 fully saturated rings. The number of hydrogen-bond donors (Lipinski definition) is 6. The fraction of sp³-hybridized carbons (Fsp3) is 0.700. The molecule has 0 spiro atoms. The van der Waals surface area contributed by atoms with E-state index in [4.69, 9.17) is 22.9 Å². The number of carbonyl (C=O) groups is 2. The lowest BCUT2D eigenvalue weighted by Gasteiger charge is -2.20. The molecule has 0 aromatic heterocycles. The number of nitrogens with one attached hydrogen (secondary N) is 1. The van der Waals surface area contributed by atoms with Gasteiger partial charge in [-0.25, -0.2) is 0 Å². The molecule has 10 N–H and O–H groups in total. The maximum atomic E-state index is 11.7. The van der Waals surface area contributed by atoms with E-state index in [1.165, 1.54) is 6.92 Å². The SMILES string of the molecule is C[C@@H](O)[C@H](NC(=O)[C@@H](N)CCCN=C(N)N)C(N)=O. The van der Waals surface area contributed by atoms with Gasteiger partial charge in [0.2, 0.25) is 11.8 Å². The Balaban J connectivity index is 4.18. The molecular formula is C10H22N6O3. The van der Waals surface area contributed by atoms with Gasteiger partial charge in [-0.3, -0.25) is 14.6 Å². The van der Waals surface area contributed by atoms with Crippen molar-refractivity contribution >= 4 is 17.8 Å². The summed E-state index contributed by atoms with van der Waals surface area (Å²) >= 11 is 0. The Kier molecular flexibility index (Phi) is 7.46. The Morgan fingerprint density at radius 2 is 1.89 bits per heavy atom. The quantitative estimate of drug-likeness (QED) is 0.153. The molecule has 3 atom stereocenters. The number of aliphatic hydroxyl groups is 1. The lowest BCUT2D eigenvalue weighted by molar-refractivity contribution is -0.130. The third-order valence-corrected chi connectivity index (χ3v) is 2.39. The van der Waals surface area contributed by atoms with E-state index in [1.54, 1.807) is 0 Å². The third-order valence-electron chi connectivity index (χ3n) is 2.39. The van der Waals surface area contributed by atoms with Gasteiger partial charge in [0.25, 0.3) is 0 Å². The van der Waals surface area contributed by atoms with Crippen LogP contribution >= 0.6 is 0 Å². The van der Waals surface area contributed by atoms with Crippen LogP contribution in [0.3, 0.4) is 0 Å². The van der Waals surface area contributed by atoms with E-state index in [9.17, 15) is 14.7 Å².